The minimum Gasteiger partial charge on any atom is -0.506 e. The fraction of sp³-hybridized carbons (Fsp3) is 0. The maximum atomic E-state index is 10.6. The van der Waals surface area contributed by atoms with E-state index < -0.39 is 5.97 Å². The first-order chi connectivity index (χ1) is 7.59. The first-order valence-electron chi connectivity index (χ1n) is 4.36. The molecule has 6 heteroatoms. The van der Waals surface area contributed by atoms with Crippen molar-refractivity contribution in [3.05, 3.63) is 35.0 Å². The highest BCUT2D eigenvalue weighted by molar-refractivity contribution is 6.32. The van der Waals surface area contributed by atoms with Crippen molar-refractivity contribution in [2.24, 2.45) is 0 Å². The zero-order valence-electron chi connectivity index (χ0n) is 7.94. The van der Waals surface area contributed by atoms with Crippen LogP contribution in [0.15, 0.2) is 24.3 Å². The van der Waals surface area contributed by atoms with Gasteiger partial charge < -0.3 is 10.2 Å². The Labute approximate surface area is 95.3 Å². The molecule has 0 bridgehead atoms. The smallest absolute Gasteiger partial charge is 0.353 e. The third-order valence-corrected chi connectivity index (χ3v) is 2.38. The molecule has 0 spiro atoms. The number of phenolic OH excluding ortho intramolecular Hbond substituents is 1. The van der Waals surface area contributed by atoms with Gasteiger partial charge in [-0.2, -0.15) is 5.10 Å². The van der Waals surface area contributed by atoms with Crippen molar-refractivity contribution >= 4 is 17.6 Å². The average Bonchev–Trinajstić information content (AvgIpc) is 2.71. The molecule has 0 saturated carbocycles. The standard InChI is InChI=1S/C10H7ClN2O3/c11-6-3-1-2-5(9(6)14)7-4-8(10(15)16)13-12-7/h1-4,14H,(H,12,13)(H,15,16). The Morgan fingerprint density at radius 1 is 1.44 bits per heavy atom. The van der Waals surface area contributed by atoms with Gasteiger partial charge in [-0.05, 0) is 18.2 Å². The summed E-state index contributed by atoms with van der Waals surface area (Å²) in [5, 5.41) is 24.7. The van der Waals surface area contributed by atoms with Crippen molar-refractivity contribution in [3.8, 4) is 17.0 Å². The van der Waals surface area contributed by atoms with Crippen LogP contribution >= 0.6 is 11.6 Å². The third kappa shape index (κ3) is 1.72. The topological polar surface area (TPSA) is 86.2 Å². The molecule has 0 fully saturated rings. The summed E-state index contributed by atoms with van der Waals surface area (Å²) in [6.45, 7) is 0. The lowest BCUT2D eigenvalue weighted by molar-refractivity contribution is 0.0690. The van der Waals surface area contributed by atoms with E-state index in [0.29, 0.717) is 11.3 Å². The van der Waals surface area contributed by atoms with Gasteiger partial charge in [0, 0.05) is 5.56 Å². The number of benzene rings is 1. The van der Waals surface area contributed by atoms with Gasteiger partial charge in [-0.3, -0.25) is 5.10 Å². The van der Waals surface area contributed by atoms with Gasteiger partial charge in [0.05, 0.1) is 10.7 Å². The molecule has 2 aromatic rings. The van der Waals surface area contributed by atoms with E-state index in [9.17, 15) is 9.90 Å². The second-order valence-electron chi connectivity index (χ2n) is 3.11. The number of phenols is 1. The number of hydrogen-bond donors (Lipinski definition) is 3. The Balaban J connectivity index is 2.50. The molecule has 82 valence electrons. The van der Waals surface area contributed by atoms with E-state index in [2.05, 4.69) is 10.2 Å². The van der Waals surface area contributed by atoms with E-state index in [1.54, 1.807) is 12.1 Å². The molecule has 0 aliphatic heterocycles. The number of nitrogens with zero attached hydrogens (tertiary/aromatic N) is 1. The first-order valence-corrected chi connectivity index (χ1v) is 4.74. The lowest BCUT2D eigenvalue weighted by Gasteiger charge is -2.01. The molecular formula is C10H7ClN2O3. The van der Waals surface area contributed by atoms with Crippen molar-refractivity contribution in [1.29, 1.82) is 0 Å². The van der Waals surface area contributed by atoms with Crippen LogP contribution < -0.4 is 0 Å². The van der Waals surface area contributed by atoms with Gasteiger partial charge in [-0.25, -0.2) is 4.79 Å². The molecule has 5 nitrogen and oxygen atoms in total. The molecule has 2 rings (SSSR count). The number of H-pyrrole nitrogens is 1. The van der Waals surface area contributed by atoms with Gasteiger partial charge in [0.1, 0.15) is 11.4 Å². The lowest BCUT2D eigenvalue weighted by Crippen LogP contribution is -1.95. The van der Waals surface area contributed by atoms with Crippen LogP contribution in [0.2, 0.25) is 5.02 Å². The minimum absolute atomic E-state index is 0.0469. The van der Waals surface area contributed by atoms with E-state index in [-0.39, 0.29) is 16.5 Å². The molecule has 0 unspecified atom stereocenters. The van der Waals surface area contributed by atoms with Crippen LogP contribution in [0.4, 0.5) is 0 Å². The summed E-state index contributed by atoms with van der Waals surface area (Å²) in [4.78, 5) is 10.6. The fourth-order valence-corrected chi connectivity index (χ4v) is 1.47. The quantitative estimate of drug-likeness (QED) is 0.748. The highest BCUT2D eigenvalue weighted by Crippen LogP contribution is 2.33. The summed E-state index contributed by atoms with van der Waals surface area (Å²) in [5.74, 6) is -1.23. The molecule has 1 aromatic heterocycles. The lowest BCUT2D eigenvalue weighted by atomic mass is 10.1. The van der Waals surface area contributed by atoms with Crippen molar-refractivity contribution in [2.75, 3.05) is 0 Å². The summed E-state index contributed by atoms with van der Waals surface area (Å²) in [6.07, 6.45) is 0. The van der Waals surface area contributed by atoms with Crippen molar-refractivity contribution in [2.45, 2.75) is 0 Å². The van der Waals surface area contributed by atoms with Crippen LogP contribution in [0.25, 0.3) is 11.3 Å². The number of carboxylic acid groups (broad SMARTS) is 1. The summed E-state index contributed by atoms with van der Waals surface area (Å²) < 4.78 is 0. The Hall–Kier alpha value is -2.01. The number of carbonyl (C=O) groups is 1. The molecule has 0 amide bonds. The number of aromatic carboxylic acids is 1. The molecule has 0 atom stereocenters. The number of carboxylic acids is 1. The number of aromatic amines is 1. The largest absolute Gasteiger partial charge is 0.506 e. The molecule has 0 aliphatic rings. The van der Waals surface area contributed by atoms with Gasteiger partial charge in [0.2, 0.25) is 0 Å². The Morgan fingerprint density at radius 3 is 2.81 bits per heavy atom. The Kier molecular flexibility index (Phi) is 2.54. The molecule has 1 heterocycles. The highest BCUT2D eigenvalue weighted by Gasteiger charge is 2.13. The molecule has 0 aliphatic carbocycles. The van der Waals surface area contributed by atoms with Gasteiger partial charge >= 0.3 is 5.97 Å². The van der Waals surface area contributed by atoms with E-state index in [0.717, 1.165) is 0 Å². The summed E-state index contributed by atoms with van der Waals surface area (Å²) in [7, 11) is 0. The molecule has 3 N–H and O–H groups in total. The Bertz CT molecular complexity index is 551. The molecule has 0 radical (unpaired) electrons. The van der Waals surface area contributed by atoms with Crippen LogP contribution in [0.3, 0.4) is 0 Å². The number of nitrogens with one attached hydrogen (secondary N) is 1. The van der Waals surface area contributed by atoms with Gasteiger partial charge in [-0.15, -0.1) is 0 Å². The summed E-state index contributed by atoms with van der Waals surface area (Å²) in [6, 6.07) is 6.11. The van der Waals surface area contributed by atoms with Crippen LogP contribution in [-0.4, -0.2) is 26.4 Å². The maximum absolute atomic E-state index is 10.6. The van der Waals surface area contributed by atoms with Crippen LogP contribution in [0.1, 0.15) is 10.5 Å². The highest BCUT2D eigenvalue weighted by atomic mass is 35.5. The summed E-state index contributed by atoms with van der Waals surface area (Å²) in [5.41, 5.74) is 0.669. The van der Waals surface area contributed by atoms with Gasteiger partial charge in [-0.1, -0.05) is 17.7 Å². The first kappa shape index (κ1) is 10.5. The van der Waals surface area contributed by atoms with Gasteiger partial charge in [0.25, 0.3) is 0 Å². The minimum atomic E-state index is -1.11. The number of para-hydroxylation sites is 1. The number of hydrogen-bond acceptors (Lipinski definition) is 3. The van der Waals surface area contributed by atoms with Gasteiger partial charge in [0.15, 0.2) is 0 Å². The third-order valence-electron chi connectivity index (χ3n) is 2.07. The fourth-order valence-electron chi connectivity index (χ4n) is 1.29. The molecule has 16 heavy (non-hydrogen) atoms. The molecule has 1 aromatic carbocycles. The summed E-state index contributed by atoms with van der Waals surface area (Å²) >= 11 is 5.73. The van der Waals surface area contributed by atoms with Crippen LogP contribution in [0, 0.1) is 0 Å². The second kappa shape index (κ2) is 3.86. The van der Waals surface area contributed by atoms with E-state index >= 15 is 0 Å². The number of rotatable bonds is 2. The zero-order chi connectivity index (χ0) is 11.7. The second-order valence-corrected chi connectivity index (χ2v) is 3.52. The average molecular weight is 239 g/mol. The van der Waals surface area contributed by atoms with E-state index in [1.165, 1.54) is 12.1 Å². The molecule has 0 saturated heterocycles. The van der Waals surface area contributed by atoms with E-state index in [1.807, 2.05) is 0 Å². The SMILES string of the molecule is O=C(O)c1cc(-c2cccc(Cl)c2O)n[nH]1. The van der Waals surface area contributed by atoms with E-state index in [4.69, 9.17) is 16.7 Å². The van der Waals surface area contributed by atoms with Crippen LogP contribution in [0.5, 0.6) is 5.75 Å². The number of halogens is 1. The molecular weight excluding hydrogens is 232 g/mol. The van der Waals surface area contributed by atoms with Crippen molar-refractivity contribution in [1.82, 2.24) is 10.2 Å². The predicted molar refractivity (Wildman–Crippen MR) is 57.7 cm³/mol. The maximum Gasteiger partial charge on any atom is 0.353 e. The van der Waals surface area contributed by atoms with Crippen LogP contribution in [-0.2, 0) is 0 Å². The number of aromatic nitrogens is 2. The monoisotopic (exact) mass is 238 g/mol. The zero-order valence-corrected chi connectivity index (χ0v) is 8.69. The normalized spacial score (nSPS) is 10.3. The van der Waals surface area contributed by atoms with Crippen molar-refractivity contribution in [3.63, 3.8) is 0 Å². The Morgan fingerprint density at radius 2 is 2.19 bits per heavy atom. The number of aromatic hydroxyl groups is 1. The van der Waals surface area contributed by atoms with Crippen molar-refractivity contribution < 1.29 is 15.0 Å². The predicted octanol–water partition coefficient (Wildman–Crippen LogP) is 2.13.